The van der Waals surface area contributed by atoms with Gasteiger partial charge in [0.25, 0.3) is 5.91 Å². The number of unbranched alkanes of at least 4 members (excludes halogenated alkanes) is 2. The molecule has 0 unspecified atom stereocenters. The quantitative estimate of drug-likeness (QED) is 0.0446. The highest BCUT2D eigenvalue weighted by Crippen LogP contribution is 2.60. The number of anilines is 4. The number of nitrogens with one attached hydrogen (secondary N) is 4. The van der Waals surface area contributed by atoms with E-state index in [0.717, 1.165) is 67.9 Å². The van der Waals surface area contributed by atoms with Gasteiger partial charge >= 0.3 is 0 Å². The van der Waals surface area contributed by atoms with Gasteiger partial charge < -0.3 is 30.9 Å². The molecule has 1 aliphatic heterocycles. The van der Waals surface area contributed by atoms with Gasteiger partial charge in [0.05, 0.1) is 45.5 Å². The average molecular weight is 1200 g/mol. The van der Waals surface area contributed by atoms with Crippen LogP contribution in [0.5, 0.6) is 0 Å². The summed E-state index contributed by atoms with van der Waals surface area (Å²) in [4.78, 5) is 68.9. The Hall–Kier alpha value is -7.37. The number of aliphatic hydroxyl groups excluding tert-OH is 1. The highest BCUT2D eigenvalue weighted by molar-refractivity contribution is 7.90. The van der Waals surface area contributed by atoms with E-state index in [1.807, 2.05) is 104 Å². The zero-order valence-electron chi connectivity index (χ0n) is 50.0. The van der Waals surface area contributed by atoms with E-state index in [-0.39, 0.29) is 36.9 Å². The largest absolute Gasteiger partial charge is 0.391 e. The van der Waals surface area contributed by atoms with Crippen LogP contribution in [0.4, 0.5) is 22.6 Å². The number of aromatic nitrogens is 8. The molecule has 21 nitrogen and oxygen atoms in total. The van der Waals surface area contributed by atoms with Crippen LogP contribution in [0, 0.1) is 49.4 Å². The van der Waals surface area contributed by atoms with Crippen LogP contribution < -0.4 is 25.6 Å². The second-order valence-corrected chi connectivity index (χ2v) is 28.6. The Morgan fingerprint density at radius 3 is 2.31 bits per heavy atom. The number of amides is 4. The number of hydrogen-bond acceptors (Lipinski definition) is 16. The summed E-state index contributed by atoms with van der Waals surface area (Å²) in [6.45, 7) is 13.9. The lowest BCUT2D eigenvalue weighted by Crippen LogP contribution is -2.57. The van der Waals surface area contributed by atoms with Gasteiger partial charge in [-0.25, -0.2) is 23.1 Å². The zero-order chi connectivity index (χ0) is 60.3. The number of para-hydroxylation sites is 1. The Balaban J connectivity index is 0.734. The summed E-state index contributed by atoms with van der Waals surface area (Å²) in [5.41, 5.74) is 5.68. The van der Waals surface area contributed by atoms with Gasteiger partial charge in [0.1, 0.15) is 23.6 Å². The molecule has 6 heterocycles. The fourth-order valence-corrected chi connectivity index (χ4v) is 16.0. The Morgan fingerprint density at radius 1 is 0.871 bits per heavy atom. The van der Waals surface area contributed by atoms with Crippen molar-refractivity contribution in [1.29, 1.82) is 0 Å². The molecule has 4 amide bonds. The maximum absolute atomic E-state index is 14.5. The zero-order valence-corrected chi connectivity index (χ0v) is 51.6. The van der Waals surface area contributed by atoms with Crippen LogP contribution in [-0.4, -0.2) is 119 Å². The highest BCUT2D eigenvalue weighted by Gasteiger charge is 2.51. The number of hydrogen-bond donors (Lipinski definition) is 5. The predicted molar refractivity (Wildman–Crippen MR) is 328 cm³/mol. The molecule has 5 fully saturated rings. The molecule has 1 saturated heterocycles. The third-order valence-corrected chi connectivity index (χ3v) is 20.4. The van der Waals surface area contributed by atoms with E-state index in [2.05, 4.69) is 45.6 Å². The first-order valence-electron chi connectivity index (χ1n) is 29.7. The monoisotopic (exact) mass is 1190 g/mol. The number of carbonyl (C=O) groups is 4. The molecule has 4 aliphatic carbocycles. The van der Waals surface area contributed by atoms with Crippen molar-refractivity contribution in [2.24, 2.45) is 35.6 Å². The van der Waals surface area contributed by atoms with Gasteiger partial charge in [-0.05, 0) is 161 Å². The van der Waals surface area contributed by atoms with Crippen LogP contribution in [0.15, 0.2) is 66.9 Å². The maximum atomic E-state index is 14.5. The van der Waals surface area contributed by atoms with Crippen molar-refractivity contribution in [2.75, 3.05) is 29.6 Å². The number of rotatable bonds is 20. The van der Waals surface area contributed by atoms with Crippen molar-refractivity contribution >= 4 is 88.7 Å². The van der Waals surface area contributed by atoms with Gasteiger partial charge in [0.15, 0.2) is 16.8 Å². The van der Waals surface area contributed by atoms with Gasteiger partial charge in [-0.1, -0.05) is 56.7 Å². The number of aliphatic hydroxyl groups is 1. The van der Waals surface area contributed by atoms with Crippen LogP contribution in [0.25, 0.3) is 32.2 Å². The first-order chi connectivity index (χ1) is 40.4. The second-order valence-electron chi connectivity index (χ2n) is 25.7. The number of aryl methyl sites for hydroxylation is 3. The Labute approximate surface area is 500 Å². The van der Waals surface area contributed by atoms with Crippen molar-refractivity contribution < 1.29 is 32.7 Å². The standard InChI is InChI=1S/C62H78N14O7S2/c1-35-23-52(69-70-56(35)68-60-65-47-15-12-13-16-50(47)84-60)73(8)51-21-19-44(46-32-63-76(38(46)4)34-62-29-39-24-40(30-62)26-41(25-39)31-62)54(66-51)58(80)72-85(82,83)22-14-10-11-17-53(78)67-55(61(5,6)7)59(81)75-33-43(77)28-49(75)57(79)64-36(2)42-18-20-48-45(27-42)37(3)71-74(48)9/h12-13,15-16,18-21,23,27,32,36,39-41,43,49,55,77H,10-11,14,17,22,24-26,28-31,33-34H2,1-9H3,(H,64,79)(H,67,78)(H,72,80)(H,65,68,70)/t36-,39?,40?,41?,43+,49-,55+,62?/m0/s1. The summed E-state index contributed by atoms with van der Waals surface area (Å²) in [5, 5.41) is 40.0. The average Bonchev–Trinajstić information content (AvgIpc) is 2.44. The van der Waals surface area contributed by atoms with Crippen LogP contribution in [0.1, 0.15) is 137 Å². The molecule has 7 aromatic rings. The van der Waals surface area contributed by atoms with Gasteiger partial charge in [0.2, 0.25) is 27.7 Å². The minimum absolute atomic E-state index is 0.00709. The van der Waals surface area contributed by atoms with Crippen molar-refractivity contribution in [3.8, 4) is 11.1 Å². The first-order valence-corrected chi connectivity index (χ1v) is 32.2. The van der Waals surface area contributed by atoms with Crippen molar-refractivity contribution in [1.82, 2.24) is 60.0 Å². The molecular weight excluding hydrogens is 1120 g/mol. The van der Waals surface area contributed by atoms with Crippen molar-refractivity contribution in [3.05, 3.63) is 95.1 Å². The van der Waals surface area contributed by atoms with Crippen molar-refractivity contribution in [2.45, 2.75) is 150 Å². The minimum atomic E-state index is -4.22. The van der Waals surface area contributed by atoms with E-state index < -0.39 is 69.0 Å². The molecule has 85 heavy (non-hydrogen) atoms. The number of sulfonamides is 1. The fraction of sp³-hybridized carbons (Fsp3) is 0.516. The first kappa shape index (κ1) is 59.4. The maximum Gasteiger partial charge on any atom is 0.284 e. The summed E-state index contributed by atoms with van der Waals surface area (Å²) >= 11 is 1.51. The predicted octanol–water partition coefficient (Wildman–Crippen LogP) is 8.87. The smallest absolute Gasteiger partial charge is 0.284 e. The number of nitrogens with zero attached hydrogens (tertiary/aromatic N) is 10. The van der Waals surface area contributed by atoms with E-state index in [9.17, 15) is 32.7 Å². The summed E-state index contributed by atoms with van der Waals surface area (Å²) < 4.78 is 34.9. The van der Waals surface area contributed by atoms with E-state index >= 15 is 0 Å². The minimum Gasteiger partial charge on any atom is -0.391 e. The fourth-order valence-electron chi connectivity index (χ4n) is 14.1. The number of likely N-dealkylation sites (tertiary alicyclic amines) is 1. The lowest BCUT2D eigenvalue weighted by Gasteiger charge is -2.56. The molecule has 5 aromatic heterocycles. The molecule has 0 radical (unpaired) electrons. The van der Waals surface area contributed by atoms with Crippen molar-refractivity contribution in [3.63, 3.8) is 0 Å². The molecule has 4 atom stereocenters. The van der Waals surface area contributed by atoms with Gasteiger partial charge in [0, 0.05) is 62.2 Å². The lowest BCUT2D eigenvalue weighted by atomic mass is 9.49. The molecule has 450 valence electrons. The number of carbonyl (C=O) groups excluding carboxylic acids is 4. The molecular formula is C62H78N14O7S2. The summed E-state index contributed by atoms with van der Waals surface area (Å²) in [6.07, 6.45) is 9.21. The summed E-state index contributed by atoms with van der Waals surface area (Å²) in [6, 6.07) is 16.8. The van der Waals surface area contributed by atoms with Crippen LogP contribution in [0.2, 0.25) is 0 Å². The van der Waals surface area contributed by atoms with Crippen LogP contribution in [0.3, 0.4) is 0 Å². The number of pyridine rings is 1. The molecule has 23 heteroatoms. The number of benzene rings is 2. The molecule has 4 bridgehead atoms. The SMILES string of the molecule is Cc1cc(N(C)c2ccc(-c3cnn(CC45CC6CC(CC(C6)C4)C5)c3C)c(C(=O)NS(=O)(=O)CCCCCC(=O)N[C@H](C(=O)N3C[C@H](O)C[C@H]3C(=O)N[C@@H](C)c3ccc4c(c3)c(C)nn4C)C(C)(C)C)n2)nnc1Nc1nc2ccccc2s1. The Morgan fingerprint density at radius 2 is 1.60 bits per heavy atom. The number of fused-ring (bicyclic) bond motifs is 2. The molecule has 4 saturated carbocycles. The van der Waals surface area contributed by atoms with E-state index in [0.29, 0.717) is 46.6 Å². The van der Waals surface area contributed by atoms with Crippen LogP contribution in [-0.2, 0) is 38.0 Å². The molecule has 2 aromatic carbocycles. The van der Waals surface area contributed by atoms with E-state index in [1.165, 1.54) is 54.8 Å². The molecule has 12 rings (SSSR count). The topological polar surface area (TPSA) is 264 Å². The second kappa shape index (κ2) is 23.5. The third-order valence-electron chi connectivity index (χ3n) is 18.1. The molecule has 0 spiro atoms. The third kappa shape index (κ3) is 12.7. The van der Waals surface area contributed by atoms with Crippen LogP contribution >= 0.6 is 11.3 Å². The Bertz CT molecular complexity index is 3760. The number of thiazole rings is 1. The summed E-state index contributed by atoms with van der Waals surface area (Å²) in [5.74, 6) is 1.00. The summed E-state index contributed by atoms with van der Waals surface area (Å²) in [7, 11) is -0.587. The van der Waals surface area contributed by atoms with Gasteiger partial charge in [-0.2, -0.15) is 10.2 Å². The highest BCUT2D eigenvalue weighted by atomic mass is 32.2. The normalized spacial score (nSPS) is 21.8. The van der Waals surface area contributed by atoms with E-state index in [4.69, 9.17) is 10.1 Å². The Kier molecular flexibility index (Phi) is 16.4. The molecule has 5 aliphatic rings. The van der Waals surface area contributed by atoms with Gasteiger partial charge in [-0.3, -0.25) is 28.5 Å². The van der Waals surface area contributed by atoms with Gasteiger partial charge in [-0.15, -0.1) is 10.2 Å². The number of β-amino-alcohol motifs (C(OH)–C–C–N with tert-alkyl or cyclic N) is 1. The lowest BCUT2D eigenvalue weighted by molar-refractivity contribution is -0.144. The molecule has 5 N–H and O–H groups in total. The van der Waals surface area contributed by atoms with E-state index in [1.54, 1.807) is 35.0 Å².